The first-order valence-electron chi connectivity index (χ1n) is 6.14. The fourth-order valence-corrected chi connectivity index (χ4v) is 3.29. The molecule has 2 fully saturated rings. The van der Waals surface area contributed by atoms with E-state index in [2.05, 4.69) is 0 Å². The van der Waals surface area contributed by atoms with Gasteiger partial charge in [-0.2, -0.15) is 0 Å². The average Bonchev–Trinajstić information content (AvgIpc) is 2.79. The van der Waals surface area contributed by atoms with E-state index >= 15 is 0 Å². The van der Waals surface area contributed by atoms with Gasteiger partial charge in [-0.05, 0) is 36.3 Å². The van der Waals surface area contributed by atoms with Gasteiger partial charge in [-0.15, -0.1) is 0 Å². The van der Waals surface area contributed by atoms with Gasteiger partial charge in [0.05, 0.1) is 0 Å². The van der Waals surface area contributed by atoms with E-state index in [0.717, 1.165) is 18.9 Å². The van der Waals surface area contributed by atoms with Crippen LogP contribution in [0, 0.1) is 29.4 Å². The van der Waals surface area contributed by atoms with Gasteiger partial charge in [0.15, 0.2) is 11.6 Å². The largest absolute Gasteiger partial charge is 0.299 e. The number of carbonyl (C=O) groups is 1. The van der Waals surface area contributed by atoms with E-state index in [1.165, 1.54) is 18.6 Å². The average molecular weight is 236 g/mol. The predicted octanol–water partition coefficient (Wildman–Crippen LogP) is 3.12. The quantitative estimate of drug-likeness (QED) is 0.788. The van der Waals surface area contributed by atoms with Crippen molar-refractivity contribution in [3.63, 3.8) is 0 Å². The summed E-state index contributed by atoms with van der Waals surface area (Å²) in [5.74, 6) is -0.438. The van der Waals surface area contributed by atoms with Gasteiger partial charge in [0.25, 0.3) is 0 Å². The molecule has 0 aromatic heterocycles. The summed E-state index contributed by atoms with van der Waals surface area (Å²) in [4.78, 5) is 12.0. The number of rotatable bonds is 3. The standard InChI is InChI=1S/C14H14F2O/c15-11-6-1-3-8(14(11)16)7-12(17)13-9-4-2-5-10(9)13/h1,3,6,9-10,13H,2,4-5,7H2. The second-order valence-corrected chi connectivity index (χ2v) is 5.14. The van der Waals surface area contributed by atoms with Gasteiger partial charge in [-0.25, -0.2) is 8.78 Å². The van der Waals surface area contributed by atoms with Crippen molar-refractivity contribution in [2.45, 2.75) is 25.7 Å². The molecule has 2 unspecified atom stereocenters. The first-order chi connectivity index (χ1) is 8.18. The van der Waals surface area contributed by atoms with Crippen LogP contribution in [0.4, 0.5) is 8.78 Å². The number of hydrogen-bond acceptors (Lipinski definition) is 1. The maximum Gasteiger partial charge on any atom is 0.162 e. The summed E-state index contributed by atoms with van der Waals surface area (Å²) in [6, 6.07) is 4.03. The van der Waals surface area contributed by atoms with E-state index < -0.39 is 11.6 Å². The number of Topliss-reactive ketones (excluding diaryl/α,β-unsaturated/α-hetero) is 1. The highest BCUT2D eigenvalue weighted by Crippen LogP contribution is 2.58. The molecule has 1 aromatic rings. The summed E-state index contributed by atoms with van der Waals surface area (Å²) in [7, 11) is 0. The highest BCUT2D eigenvalue weighted by Gasteiger charge is 2.55. The Morgan fingerprint density at radius 1 is 1.24 bits per heavy atom. The van der Waals surface area contributed by atoms with Crippen LogP contribution in [0.25, 0.3) is 0 Å². The summed E-state index contributed by atoms with van der Waals surface area (Å²) in [5.41, 5.74) is 0.194. The molecular weight excluding hydrogens is 222 g/mol. The molecule has 0 amide bonds. The summed E-state index contributed by atoms with van der Waals surface area (Å²) >= 11 is 0. The van der Waals surface area contributed by atoms with Crippen LogP contribution >= 0.6 is 0 Å². The van der Waals surface area contributed by atoms with Crippen molar-refractivity contribution in [2.75, 3.05) is 0 Å². The van der Waals surface area contributed by atoms with Crippen LogP contribution in [0.2, 0.25) is 0 Å². The van der Waals surface area contributed by atoms with E-state index in [1.54, 1.807) is 0 Å². The second kappa shape index (κ2) is 3.90. The molecule has 0 saturated heterocycles. The lowest BCUT2D eigenvalue weighted by Gasteiger charge is -2.05. The fraction of sp³-hybridized carbons (Fsp3) is 0.500. The van der Waals surface area contributed by atoms with Crippen LogP contribution in [-0.2, 0) is 11.2 Å². The minimum absolute atomic E-state index is 0.0429. The van der Waals surface area contributed by atoms with Gasteiger partial charge in [-0.3, -0.25) is 4.79 Å². The SMILES string of the molecule is O=C(Cc1cccc(F)c1F)C1C2CCCC21. The highest BCUT2D eigenvalue weighted by atomic mass is 19.2. The lowest BCUT2D eigenvalue weighted by molar-refractivity contribution is -0.120. The van der Waals surface area contributed by atoms with E-state index in [1.807, 2.05) is 0 Å². The molecule has 0 radical (unpaired) electrons. The van der Waals surface area contributed by atoms with E-state index in [0.29, 0.717) is 11.8 Å². The molecule has 1 aromatic carbocycles. The van der Waals surface area contributed by atoms with Crippen molar-refractivity contribution in [1.82, 2.24) is 0 Å². The molecule has 3 rings (SSSR count). The molecule has 2 saturated carbocycles. The van der Waals surface area contributed by atoms with Crippen LogP contribution in [0.3, 0.4) is 0 Å². The number of ketones is 1. The molecule has 1 nitrogen and oxygen atoms in total. The highest BCUT2D eigenvalue weighted by molar-refractivity contribution is 5.86. The summed E-state index contributed by atoms with van der Waals surface area (Å²) in [6.07, 6.45) is 3.52. The molecule has 2 atom stereocenters. The van der Waals surface area contributed by atoms with E-state index in [9.17, 15) is 13.6 Å². The predicted molar refractivity (Wildman–Crippen MR) is 59.4 cm³/mol. The zero-order chi connectivity index (χ0) is 12.0. The van der Waals surface area contributed by atoms with Crippen molar-refractivity contribution in [2.24, 2.45) is 17.8 Å². The zero-order valence-corrected chi connectivity index (χ0v) is 9.46. The Bertz CT molecular complexity index is 459. The Hall–Kier alpha value is -1.25. The van der Waals surface area contributed by atoms with Crippen LogP contribution in [-0.4, -0.2) is 5.78 Å². The van der Waals surface area contributed by atoms with Crippen LogP contribution in [0.5, 0.6) is 0 Å². The summed E-state index contributed by atoms with van der Waals surface area (Å²) < 4.78 is 26.4. The van der Waals surface area contributed by atoms with Crippen molar-refractivity contribution >= 4 is 5.78 Å². The van der Waals surface area contributed by atoms with Gasteiger partial charge in [0.2, 0.25) is 0 Å². The van der Waals surface area contributed by atoms with Gasteiger partial charge >= 0.3 is 0 Å². The van der Waals surface area contributed by atoms with Gasteiger partial charge in [-0.1, -0.05) is 18.6 Å². The smallest absolute Gasteiger partial charge is 0.162 e. The molecule has 0 spiro atoms. The Morgan fingerprint density at radius 3 is 2.65 bits per heavy atom. The molecule has 0 N–H and O–H groups in total. The third-order valence-electron chi connectivity index (χ3n) is 4.17. The van der Waals surface area contributed by atoms with Gasteiger partial charge < -0.3 is 0 Å². The molecule has 0 heterocycles. The molecule has 2 aliphatic carbocycles. The first-order valence-corrected chi connectivity index (χ1v) is 6.14. The van der Waals surface area contributed by atoms with Crippen LogP contribution < -0.4 is 0 Å². The third kappa shape index (κ3) is 1.78. The molecular formula is C14H14F2O. The Morgan fingerprint density at radius 2 is 1.94 bits per heavy atom. The minimum Gasteiger partial charge on any atom is -0.299 e. The number of fused-ring (bicyclic) bond motifs is 1. The number of carbonyl (C=O) groups excluding carboxylic acids is 1. The first kappa shape index (κ1) is 10.9. The van der Waals surface area contributed by atoms with Crippen molar-refractivity contribution in [3.8, 4) is 0 Å². The maximum absolute atomic E-state index is 13.4. The Kier molecular flexibility index (Phi) is 2.49. The van der Waals surface area contributed by atoms with E-state index in [-0.39, 0.29) is 23.7 Å². The van der Waals surface area contributed by atoms with Crippen LogP contribution in [0.1, 0.15) is 24.8 Å². The van der Waals surface area contributed by atoms with E-state index in [4.69, 9.17) is 0 Å². The molecule has 90 valence electrons. The van der Waals surface area contributed by atoms with Crippen molar-refractivity contribution < 1.29 is 13.6 Å². The Labute approximate surface area is 98.8 Å². The van der Waals surface area contributed by atoms with Gasteiger partial charge in [0, 0.05) is 12.3 Å². The minimum atomic E-state index is -0.869. The summed E-state index contributed by atoms with van der Waals surface area (Å²) in [6.45, 7) is 0. The number of benzene rings is 1. The van der Waals surface area contributed by atoms with Crippen LogP contribution in [0.15, 0.2) is 18.2 Å². The normalized spacial score (nSPS) is 30.1. The molecule has 3 heteroatoms. The molecule has 0 aliphatic heterocycles. The summed E-state index contributed by atoms with van der Waals surface area (Å²) in [5, 5.41) is 0. The lowest BCUT2D eigenvalue weighted by atomic mass is 10.0. The van der Waals surface area contributed by atoms with Crippen molar-refractivity contribution in [1.29, 1.82) is 0 Å². The molecule has 0 bridgehead atoms. The fourth-order valence-electron chi connectivity index (χ4n) is 3.29. The maximum atomic E-state index is 13.4. The Balaban J connectivity index is 1.71. The lowest BCUT2D eigenvalue weighted by Crippen LogP contribution is -2.10. The third-order valence-corrected chi connectivity index (χ3v) is 4.17. The monoisotopic (exact) mass is 236 g/mol. The molecule has 2 aliphatic rings. The van der Waals surface area contributed by atoms with Crippen molar-refractivity contribution in [3.05, 3.63) is 35.4 Å². The zero-order valence-electron chi connectivity index (χ0n) is 9.46. The molecule has 17 heavy (non-hydrogen) atoms. The number of hydrogen-bond donors (Lipinski definition) is 0. The van der Waals surface area contributed by atoms with Gasteiger partial charge in [0.1, 0.15) is 5.78 Å². The second-order valence-electron chi connectivity index (χ2n) is 5.14. The topological polar surface area (TPSA) is 17.1 Å². The number of halogens is 2.